The van der Waals surface area contributed by atoms with Crippen LogP contribution in [0.4, 0.5) is 5.69 Å². The Hall–Kier alpha value is -2.14. The number of carbonyl (C=O) groups excluding carboxylic acids is 1. The molecule has 0 saturated carbocycles. The number of para-hydroxylation sites is 1. The van der Waals surface area contributed by atoms with Gasteiger partial charge >= 0.3 is 5.97 Å². The summed E-state index contributed by atoms with van der Waals surface area (Å²) in [5, 5.41) is 19.7. The number of hydrogen-bond acceptors (Lipinski definition) is 5. The van der Waals surface area contributed by atoms with Crippen LogP contribution >= 0.6 is 0 Å². The molecule has 22 heavy (non-hydrogen) atoms. The lowest BCUT2D eigenvalue weighted by molar-refractivity contribution is -0.138. The van der Waals surface area contributed by atoms with Gasteiger partial charge in [-0.25, -0.2) is 4.79 Å². The predicted octanol–water partition coefficient (Wildman–Crippen LogP) is 3.62. The molecule has 0 aliphatic carbocycles. The molecule has 1 rings (SSSR count). The molecule has 1 unspecified atom stereocenters. The third-order valence-electron chi connectivity index (χ3n) is 3.01. The van der Waals surface area contributed by atoms with E-state index in [1.165, 1.54) is 6.21 Å². The van der Waals surface area contributed by atoms with Crippen LogP contribution in [0.15, 0.2) is 40.6 Å². The Bertz CT molecular complexity index is 562. The summed E-state index contributed by atoms with van der Waals surface area (Å²) < 4.78 is 4.94. The number of ether oxygens (including phenoxy) is 1. The molecular weight excluding hydrogens is 282 g/mol. The Labute approximate surface area is 131 Å². The van der Waals surface area contributed by atoms with Crippen molar-refractivity contribution in [2.24, 2.45) is 4.99 Å². The third kappa shape index (κ3) is 5.00. The monoisotopic (exact) mass is 305 g/mol. The van der Waals surface area contributed by atoms with E-state index in [1.54, 1.807) is 38.1 Å². The second-order valence-corrected chi connectivity index (χ2v) is 4.82. The zero-order valence-electron chi connectivity index (χ0n) is 13.2. The molecule has 0 amide bonds. The highest BCUT2D eigenvalue weighted by Gasteiger charge is 2.14. The van der Waals surface area contributed by atoms with Crippen LogP contribution in [0.2, 0.25) is 0 Å². The van der Waals surface area contributed by atoms with Gasteiger partial charge in [-0.2, -0.15) is 0 Å². The smallest absolute Gasteiger partial charge is 0.343 e. The maximum Gasteiger partial charge on any atom is 0.343 e. The number of benzene rings is 1. The van der Waals surface area contributed by atoms with Crippen LogP contribution in [0.3, 0.4) is 0 Å². The first-order valence-electron chi connectivity index (χ1n) is 7.41. The zero-order valence-corrected chi connectivity index (χ0v) is 13.2. The van der Waals surface area contributed by atoms with E-state index in [0.29, 0.717) is 24.1 Å². The minimum absolute atomic E-state index is 0.0424. The highest BCUT2D eigenvalue weighted by atomic mass is 16.5. The average molecular weight is 305 g/mol. The molecule has 0 radical (unpaired) electrons. The van der Waals surface area contributed by atoms with Crippen molar-refractivity contribution in [3.63, 3.8) is 0 Å². The fourth-order valence-electron chi connectivity index (χ4n) is 1.92. The molecule has 0 aromatic heterocycles. The molecule has 0 saturated heterocycles. The Morgan fingerprint density at radius 3 is 2.64 bits per heavy atom. The van der Waals surface area contributed by atoms with E-state index in [4.69, 9.17) is 4.74 Å². The van der Waals surface area contributed by atoms with E-state index < -0.39 is 12.1 Å². The van der Waals surface area contributed by atoms with Gasteiger partial charge in [0.25, 0.3) is 0 Å². The Morgan fingerprint density at radius 2 is 2.05 bits per heavy atom. The fourth-order valence-corrected chi connectivity index (χ4v) is 1.92. The second-order valence-electron chi connectivity index (χ2n) is 4.82. The number of aliphatic imine (C=N–C) groups is 1. The van der Waals surface area contributed by atoms with Crippen LogP contribution in [-0.2, 0) is 9.53 Å². The molecule has 0 aliphatic rings. The molecule has 0 aliphatic heterocycles. The van der Waals surface area contributed by atoms with Crippen molar-refractivity contribution in [1.82, 2.24) is 0 Å². The number of aliphatic hydroxyl groups excluding tert-OH is 2. The number of carbonyl (C=O) groups is 1. The Morgan fingerprint density at radius 1 is 1.36 bits per heavy atom. The van der Waals surface area contributed by atoms with Gasteiger partial charge in [-0.15, -0.1) is 0 Å². The normalized spacial score (nSPS) is 13.8. The fraction of sp³-hybridized carbons (Fsp3) is 0.412. The van der Waals surface area contributed by atoms with Crippen molar-refractivity contribution in [3.8, 4) is 0 Å². The lowest BCUT2D eigenvalue weighted by atomic mass is 10.1. The second kappa shape index (κ2) is 9.00. The van der Waals surface area contributed by atoms with Crippen molar-refractivity contribution in [2.45, 2.75) is 39.7 Å². The molecular formula is C17H23NO4. The molecule has 0 bridgehead atoms. The van der Waals surface area contributed by atoms with Crippen molar-refractivity contribution in [3.05, 3.63) is 41.2 Å². The maximum atomic E-state index is 11.9. The van der Waals surface area contributed by atoms with E-state index in [0.717, 1.165) is 0 Å². The first-order valence-corrected chi connectivity index (χ1v) is 7.41. The summed E-state index contributed by atoms with van der Waals surface area (Å²) in [7, 11) is 0. The van der Waals surface area contributed by atoms with Crippen molar-refractivity contribution >= 4 is 17.9 Å². The summed E-state index contributed by atoms with van der Waals surface area (Å²) in [4.78, 5) is 16.1. The van der Waals surface area contributed by atoms with Crippen LogP contribution < -0.4 is 0 Å². The number of nitrogens with zero attached hydrogens (tertiary/aromatic N) is 1. The molecule has 0 heterocycles. The highest BCUT2D eigenvalue weighted by molar-refractivity contribution is 6.10. The van der Waals surface area contributed by atoms with Gasteiger partial charge in [0.15, 0.2) is 0 Å². The number of hydrogen-bond donors (Lipinski definition) is 2. The lowest BCUT2D eigenvalue weighted by Crippen LogP contribution is -2.11. The largest absolute Gasteiger partial charge is 0.511 e. The van der Waals surface area contributed by atoms with E-state index in [2.05, 4.69) is 4.99 Å². The summed E-state index contributed by atoms with van der Waals surface area (Å²) in [6.45, 7) is 5.47. The maximum absolute atomic E-state index is 11.9. The van der Waals surface area contributed by atoms with Gasteiger partial charge in [-0.3, -0.25) is 4.99 Å². The van der Waals surface area contributed by atoms with Gasteiger partial charge in [0.1, 0.15) is 11.3 Å². The van der Waals surface area contributed by atoms with Gasteiger partial charge < -0.3 is 14.9 Å². The lowest BCUT2D eigenvalue weighted by Gasteiger charge is -2.09. The molecule has 5 heteroatoms. The summed E-state index contributed by atoms with van der Waals surface area (Å²) >= 11 is 0. The van der Waals surface area contributed by atoms with E-state index in [9.17, 15) is 15.0 Å². The van der Waals surface area contributed by atoms with Gasteiger partial charge in [-0.1, -0.05) is 25.1 Å². The summed E-state index contributed by atoms with van der Waals surface area (Å²) in [5.41, 5.74) is 1.24. The van der Waals surface area contributed by atoms with Gasteiger partial charge in [-0.05, 0) is 26.3 Å². The van der Waals surface area contributed by atoms with Gasteiger partial charge in [0.05, 0.1) is 18.4 Å². The van der Waals surface area contributed by atoms with Crippen molar-refractivity contribution in [2.75, 3.05) is 6.61 Å². The van der Waals surface area contributed by atoms with Crippen LogP contribution in [0, 0.1) is 0 Å². The first-order chi connectivity index (χ1) is 10.5. The number of aliphatic hydroxyl groups is 2. The Balaban J connectivity index is 3.14. The molecule has 1 aromatic rings. The van der Waals surface area contributed by atoms with Crippen molar-refractivity contribution in [1.29, 1.82) is 0 Å². The molecule has 1 atom stereocenters. The predicted molar refractivity (Wildman–Crippen MR) is 86.4 cm³/mol. The van der Waals surface area contributed by atoms with E-state index in [-0.39, 0.29) is 17.9 Å². The summed E-state index contributed by atoms with van der Waals surface area (Å²) in [6, 6.07) is 7.09. The molecule has 0 fully saturated rings. The average Bonchev–Trinajstić information content (AvgIpc) is 2.48. The summed E-state index contributed by atoms with van der Waals surface area (Å²) in [5.74, 6) is -0.647. The van der Waals surface area contributed by atoms with Crippen LogP contribution in [0.25, 0.3) is 0 Å². The molecule has 5 nitrogen and oxygen atoms in total. The number of allylic oxidation sites excluding steroid dienone is 1. The quantitative estimate of drug-likeness (QED) is 0.349. The molecule has 1 aromatic carbocycles. The SMILES string of the molecule is CCC/C(O)=C(\C=Nc1ccccc1C(C)O)C(=O)OCC. The van der Waals surface area contributed by atoms with Crippen LogP contribution in [-0.4, -0.2) is 29.0 Å². The first kappa shape index (κ1) is 17.9. The van der Waals surface area contributed by atoms with Crippen molar-refractivity contribution < 1.29 is 19.7 Å². The number of esters is 1. The standard InChI is InChI=1S/C17H23NO4/c1-4-8-16(20)14(17(21)22-5-2)11-18-15-10-7-6-9-13(15)12(3)19/h6-7,9-12,19-20H,4-5,8H2,1-3H3/b16-14-,18-11?. The molecule has 120 valence electrons. The van der Waals surface area contributed by atoms with Crippen LogP contribution in [0.5, 0.6) is 0 Å². The van der Waals surface area contributed by atoms with Crippen LogP contribution in [0.1, 0.15) is 45.3 Å². The van der Waals surface area contributed by atoms with E-state index in [1.807, 2.05) is 6.92 Å². The van der Waals surface area contributed by atoms with Gasteiger partial charge in [0.2, 0.25) is 0 Å². The Kier molecular flexibility index (Phi) is 7.32. The van der Waals surface area contributed by atoms with E-state index >= 15 is 0 Å². The zero-order chi connectivity index (χ0) is 16.5. The molecule has 0 spiro atoms. The topological polar surface area (TPSA) is 79.1 Å². The third-order valence-corrected chi connectivity index (χ3v) is 3.01. The highest BCUT2D eigenvalue weighted by Crippen LogP contribution is 2.25. The minimum Gasteiger partial charge on any atom is -0.511 e. The van der Waals surface area contributed by atoms with Gasteiger partial charge in [0, 0.05) is 18.2 Å². The summed E-state index contributed by atoms with van der Waals surface area (Å²) in [6.07, 6.45) is 1.70. The minimum atomic E-state index is -0.674. The number of rotatable bonds is 7. The molecule has 2 N–H and O–H groups in total.